The molecule has 0 saturated carbocycles. The SMILES string of the molecule is Cc1ccc([N+](=O)[O-])c(Sc2ccc(C(=O)O)o2)c1. The van der Waals surface area contributed by atoms with Crippen LogP contribution >= 0.6 is 11.8 Å². The third kappa shape index (κ3) is 2.94. The van der Waals surface area contributed by atoms with Crippen LogP contribution in [0.3, 0.4) is 0 Å². The fourth-order valence-corrected chi connectivity index (χ4v) is 2.43. The Morgan fingerprint density at radius 2 is 2.11 bits per heavy atom. The van der Waals surface area contributed by atoms with Crippen LogP contribution in [-0.4, -0.2) is 16.0 Å². The van der Waals surface area contributed by atoms with E-state index in [1.165, 1.54) is 18.2 Å². The first-order chi connectivity index (χ1) is 8.97. The van der Waals surface area contributed by atoms with Crippen molar-refractivity contribution >= 4 is 23.4 Å². The number of carboxylic acid groups (broad SMARTS) is 1. The summed E-state index contributed by atoms with van der Waals surface area (Å²) in [6.07, 6.45) is 0. The minimum Gasteiger partial charge on any atom is -0.475 e. The van der Waals surface area contributed by atoms with Gasteiger partial charge in [0.05, 0.1) is 9.82 Å². The Kier molecular flexibility index (Phi) is 3.57. The minimum absolute atomic E-state index is 0.0381. The number of aromatic carboxylic acids is 1. The lowest BCUT2D eigenvalue weighted by Crippen LogP contribution is -1.92. The summed E-state index contributed by atoms with van der Waals surface area (Å²) in [5.74, 6) is -1.37. The molecule has 0 aliphatic carbocycles. The number of benzene rings is 1. The van der Waals surface area contributed by atoms with Crippen molar-refractivity contribution in [2.45, 2.75) is 16.9 Å². The molecule has 0 unspecified atom stereocenters. The predicted octanol–water partition coefficient (Wildman–Crippen LogP) is 3.35. The molecular formula is C12H9NO5S. The quantitative estimate of drug-likeness (QED) is 0.681. The Morgan fingerprint density at radius 1 is 1.37 bits per heavy atom. The highest BCUT2D eigenvalue weighted by Gasteiger charge is 2.17. The number of hydrogen-bond donors (Lipinski definition) is 1. The van der Waals surface area contributed by atoms with Crippen LogP contribution in [-0.2, 0) is 0 Å². The number of rotatable bonds is 4. The molecule has 0 aliphatic heterocycles. The van der Waals surface area contributed by atoms with E-state index in [9.17, 15) is 14.9 Å². The first-order valence-corrected chi connectivity index (χ1v) is 6.05. The maximum atomic E-state index is 10.9. The van der Waals surface area contributed by atoms with Gasteiger partial charge < -0.3 is 9.52 Å². The molecule has 0 atom stereocenters. The van der Waals surface area contributed by atoms with Gasteiger partial charge in [0.25, 0.3) is 5.69 Å². The molecular weight excluding hydrogens is 270 g/mol. The van der Waals surface area contributed by atoms with Crippen LogP contribution in [0.2, 0.25) is 0 Å². The summed E-state index contributed by atoms with van der Waals surface area (Å²) in [5, 5.41) is 19.9. The molecule has 0 fully saturated rings. The largest absolute Gasteiger partial charge is 0.475 e. The number of nitrogens with zero attached hydrogens (tertiary/aromatic N) is 1. The Labute approximate surface area is 112 Å². The monoisotopic (exact) mass is 279 g/mol. The van der Waals surface area contributed by atoms with Crippen LogP contribution in [0.5, 0.6) is 0 Å². The maximum Gasteiger partial charge on any atom is 0.371 e. The summed E-state index contributed by atoms with van der Waals surface area (Å²) in [5.41, 5.74) is 0.835. The second kappa shape index (κ2) is 5.15. The van der Waals surface area contributed by atoms with Crippen LogP contribution in [0.4, 0.5) is 5.69 Å². The Balaban J connectivity index is 2.33. The number of furan rings is 1. The van der Waals surface area contributed by atoms with Crippen LogP contribution < -0.4 is 0 Å². The standard InChI is InChI=1S/C12H9NO5S/c1-7-2-3-8(13(16)17)10(6-7)19-11-5-4-9(18-11)12(14)15/h2-6H,1H3,(H,14,15). The molecule has 0 saturated heterocycles. The predicted molar refractivity (Wildman–Crippen MR) is 67.6 cm³/mol. The van der Waals surface area contributed by atoms with E-state index in [2.05, 4.69) is 0 Å². The Morgan fingerprint density at radius 3 is 2.68 bits per heavy atom. The topological polar surface area (TPSA) is 93.6 Å². The molecule has 1 heterocycles. The van der Waals surface area contributed by atoms with E-state index in [4.69, 9.17) is 9.52 Å². The van der Waals surface area contributed by atoms with Crippen molar-refractivity contribution in [2.75, 3.05) is 0 Å². The molecule has 7 heteroatoms. The van der Waals surface area contributed by atoms with Crippen molar-refractivity contribution in [1.82, 2.24) is 0 Å². The van der Waals surface area contributed by atoms with Crippen LogP contribution in [0.25, 0.3) is 0 Å². The number of nitro groups is 1. The van der Waals surface area contributed by atoms with Gasteiger partial charge in [-0.05, 0) is 42.4 Å². The van der Waals surface area contributed by atoms with Crippen molar-refractivity contribution in [3.63, 3.8) is 0 Å². The van der Waals surface area contributed by atoms with E-state index in [1.807, 2.05) is 6.92 Å². The van der Waals surface area contributed by atoms with E-state index in [0.717, 1.165) is 17.3 Å². The first-order valence-electron chi connectivity index (χ1n) is 5.23. The van der Waals surface area contributed by atoms with E-state index in [0.29, 0.717) is 9.99 Å². The summed E-state index contributed by atoms with van der Waals surface area (Å²) >= 11 is 1.02. The van der Waals surface area contributed by atoms with Crippen LogP contribution in [0.15, 0.2) is 44.7 Å². The first kappa shape index (κ1) is 13.2. The molecule has 0 spiro atoms. The van der Waals surface area contributed by atoms with E-state index >= 15 is 0 Å². The smallest absolute Gasteiger partial charge is 0.371 e. The molecule has 0 bridgehead atoms. The number of hydrogen-bond acceptors (Lipinski definition) is 5. The van der Waals surface area contributed by atoms with Gasteiger partial charge in [-0.3, -0.25) is 10.1 Å². The second-order valence-electron chi connectivity index (χ2n) is 3.75. The molecule has 0 radical (unpaired) electrons. The van der Waals surface area contributed by atoms with Crippen molar-refractivity contribution in [3.8, 4) is 0 Å². The highest BCUT2D eigenvalue weighted by molar-refractivity contribution is 7.99. The van der Waals surface area contributed by atoms with Gasteiger partial charge in [0.1, 0.15) is 0 Å². The van der Waals surface area contributed by atoms with Gasteiger partial charge in [-0.15, -0.1) is 0 Å². The summed E-state index contributed by atoms with van der Waals surface area (Å²) in [6, 6.07) is 7.50. The number of carboxylic acids is 1. The van der Waals surface area contributed by atoms with Crippen molar-refractivity contribution in [3.05, 3.63) is 51.8 Å². The van der Waals surface area contributed by atoms with E-state index in [1.54, 1.807) is 12.1 Å². The molecule has 1 aromatic carbocycles. The number of aryl methyl sites for hydroxylation is 1. The van der Waals surface area contributed by atoms with Gasteiger partial charge >= 0.3 is 5.97 Å². The summed E-state index contributed by atoms with van der Waals surface area (Å²) in [7, 11) is 0. The molecule has 6 nitrogen and oxygen atoms in total. The minimum atomic E-state index is -1.18. The lowest BCUT2D eigenvalue weighted by Gasteiger charge is -2.01. The number of nitro benzene ring substituents is 1. The van der Waals surface area contributed by atoms with Gasteiger partial charge in [-0.2, -0.15) is 0 Å². The third-order valence-corrected chi connectivity index (χ3v) is 3.28. The van der Waals surface area contributed by atoms with Gasteiger partial charge in [0.2, 0.25) is 5.76 Å². The van der Waals surface area contributed by atoms with Gasteiger partial charge in [-0.25, -0.2) is 4.79 Å². The summed E-state index contributed by atoms with van der Waals surface area (Å²) in [6.45, 7) is 1.82. The van der Waals surface area contributed by atoms with Crippen molar-refractivity contribution < 1.29 is 19.2 Å². The normalized spacial score (nSPS) is 10.4. The van der Waals surface area contributed by atoms with Crippen LogP contribution in [0, 0.1) is 17.0 Å². The van der Waals surface area contributed by atoms with Gasteiger partial charge in [-0.1, -0.05) is 6.07 Å². The average molecular weight is 279 g/mol. The maximum absolute atomic E-state index is 10.9. The molecule has 2 rings (SSSR count). The highest BCUT2D eigenvalue weighted by Crippen LogP contribution is 2.36. The number of carbonyl (C=O) groups is 1. The fourth-order valence-electron chi connectivity index (χ4n) is 1.45. The summed E-state index contributed by atoms with van der Waals surface area (Å²) < 4.78 is 5.06. The zero-order valence-electron chi connectivity index (χ0n) is 9.82. The zero-order chi connectivity index (χ0) is 14.0. The molecule has 0 aliphatic rings. The van der Waals surface area contributed by atoms with Crippen LogP contribution in [0.1, 0.15) is 16.1 Å². The lowest BCUT2D eigenvalue weighted by molar-refractivity contribution is -0.387. The molecule has 0 amide bonds. The molecule has 98 valence electrons. The van der Waals surface area contributed by atoms with Gasteiger partial charge in [0.15, 0.2) is 5.09 Å². The average Bonchev–Trinajstić information content (AvgIpc) is 2.77. The van der Waals surface area contributed by atoms with Gasteiger partial charge in [0, 0.05) is 6.07 Å². The Bertz CT molecular complexity index is 649. The molecule has 1 aromatic heterocycles. The van der Waals surface area contributed by atoms with E-state index in [-0.39, 0.29) is 11.4 Å². The second-order valence-corrected chi connectivity index (χ2v) is 4.80. The zero-order valence-corrected chi connectivity index (χ0v) is 10.6. The molecule has 19 heavy (non-hydrogen) atoms. The Hall–Kier alpha value is -2.28. The third-order valence-electron chi connectivity index (χ3n) is 2.31. The molecule has 1 N–H and O–H groups in total. The van der Waals surface area contributed by atoms with Crippen molar-refractivity contribution in [1.29, 1.82) is 0 Å². The molecule has 2 aromatic rings. The van der Waals surface area contributed by atoms with Crippen molar-refractivity contribution in [2.24, 2.45) is 0 Å². The lowest BCUT2D eigenvalue weighted by atomic mass is 10.2. The highest BCUT2D eigenvalue weighted by atomic mass is 32.2. The van der Waals surface area contributed by atoms with E-state index < -0.39 is 10.9 Å². The fraction of sp³-hybridized carbons (Fsp3) is 0.0833. The summed E-state index contributed by atoms with van der Waals surface area (Å²) in [4.78, 5) is 21.5.